The zero-order chi connectivity index (χ0) is 13.1. The molecule has 1 aromatic carbocycles. The third kappa shape index (κ3) is 2.70. The lowest BCUT2D eigenvalue weighted by atomic mass is 10.2. The highest BCUT2D eigenvalue weighted by atomic mass is 79.9. The largest absolute Gasteiger partial charge is 0.507 e. The highest BCUT2D eigenvalue weighted by Gasteiger charge is 2.08. The van der Waals surface area contributed by atoms with E-state index >= 15 is 0 Å². The Balaban J connectivity index is 2.04. The van der Waals surface area contributed by atoms with Crippen LogP contribution in [-0.4, -0.2) is 20.8 Å². The lowest BCUT2D eigenvalue weighted by Gasteiger charge is -2.06. The normalized spacial score (nSPS) is 10.3. The molecule has 0 aliphatic heterocycles. The van der Waals surface area contributed by atoms with E-state index in [9.17, 15) is 9.90 Å². The van der Waals surface area contributed by atoms with Crippen molar-refractivity contribution in [3.8, 4) is 5.75 Å². The van der Waals surface area contributed by atoms with Gasteiger partial charge in [-0.05, 0) is 40.2 Å². The summed E-state index contributed by atoms with van der Waals surface area (Å²) in [5, 5.41) is 16.3. The van der Waals surface area contributed by atoms with Crippen molar-refractivity contribution < 1.29 is 9.90 Å². The van der Waals surface area contributed by atoms with E-state index in [1.807, 2.05) is 13.1 Å². The van der Waals surface area contributed by atoms with Crippen LogP contribution >= 0.6 is 15.9 Å². The summed E-state index contributed by atoms with van der Waals surface area (Å²) >= 11 is 3.17. The summed E-state index contributed by atoms with van der Waals surface area (Å²) in [4.78, 5) is 11.8. The molecule has 2 N–H and O–H groups in total. The molecule has 2 rings (SSSR count). The maximum absolute atomic E-state index is 11.8. The van der Waals surface area contributed by atoms with E-state index in [1.165, 1.54) is 6.07 Å². The molecule has 0 saturated carbocycles. The van der Waals surface area contributed by atoms with Gasteiger partial charge >= 0.3 is 0 Å². The van der Waals surface area contributed by atoms with Crippen LogP contribution in [0.15, 0.2) is 34.9 Å². The summed E-state index contributed by atoms with van der Waals surface area (Å²) in [6.45, 7) is 0.395. The molecule has 0 spiro atoms. The SMILES string of the molecule is Cn1nccc1CNC(=O)c1ccc(Br)c(O)c1. The molecule has 2 aromatic rings. The molecule has 0 atom stereocenters. The monoisotopic (exact) mass is 309 g/mol. The van der Waals surface area contributed by atoms with Crippen LogP contribution in [0.1, 0.15) is 16.1 Å². The average Bonchev–Trinajstić information content (AvgIpc) is 2.75. The molecule has 1 amide bonds. The van der Waals surface area contributed by atoms with Crippen molar-refractivity contribution in [1.82, 2.24) is 15.1 Å². The third-order valence-electron chi connectivity index (χ3n) is 2.56. The second kappa shape index (κ2) is 5.22. The topological polar surface area (TPSA) is 67.2 Å². The smallest absolute Gasteiger partial charge is 0.251 e. The van der Waals surface area contributed by atoms with Crippen molar-refractivity contribution in [3.63, 3.8) is 0 Å². The summed E-state index contributed by atoms with van der Waals surface area (Å²) in [5.74, 6) is -0.192. The van der Waals surface area contributed by atoms with Crippen LogP contribution < -0.4 is 5.32 Å². The van der Waals surface area contributed by atoms with E-state index in [1.54, 1.807) is 23.0 Å². The number of phenols is 1. The Morgan fingerprint density at radius 3 is 2.89 bits per heavy atom. The van der Waals surface area contributed by atoms with E-state index in [0.717, 1.165) is 5.69 Å². The molecule has 6 heteroatoms. The molecule has 0 radical (unpaired) electrons. The molecule has 0 aliphatic rings. The maximum atomic E-state index is 11.8. The summed E-state index contributed by atoms with van der Waals surface area (Å²) in [5.41, 5.74) is 1.32. The molecule has 1 heterocycles. The fourth-order valence-corrected chi connectivity index (χ4v) is 1.75. The van der Waals surface area contributed by atoms with Crippen molar-refractivity contribution in [2.24, 2.45) is 7.05 Å². The van der Waals surface area contributed by atoms with E-state index in [4.69, 9.17) is 0 Å². The average molecular weight is 310 g/mol. The predicted molar refractivity (Wildman–Crippen MR) is 70.2 cm³/mol. The third-order valence-corrected chi connectivity index (χ3v) is 3.23. The fraction of sp³-hybridized carbons (Fsp3) is 0.167. The van der Waals surface area contributed by atoms with E-state index in [-0.39, 0.29) is 11.7 Å². The van der Waals surface area contributed by atoms with Gasteiger partial charge in [-0.15, -0.1) is 0 Å². The van der Waals surface area contributed by atoms with Gasteiger partial charge in [0.2, 0.25) is 0 Å². The van der Waals surface area contributed by atoms with Gasteiger partial charge in [0.05, 0.1) is 16.7 Å². The van der Waals surface area contributed by atoms with E-state index < -0.39 is 0 Å². The van der Waals surface area contributed by atoms with Gasteiger partial charge in [0, 0.05) is 18.8 Å². The molecule has 94 valence electrons. The number of phenolic OH excluding ortho intramolecular Hbond substituents is 1. The predicted octanol–water partition coefficient (Wildman–Crippen LogP) is 1.82. The molecular formula is C12H12BrN3O2. The number of carbonyl (C=O) groups is 1. The van der Waals surface area contributed by atoms with Gasteiger partial charge in [-0.1, -0.05) is 0 Å². The number of carbonyl (C=O) groups excluding carboxylic acids is 1. The fourth-order valence-electron chi connectivity index (χ4n) is 1.50. The standard InChI is InChI=1S/C12H12BrN3O2/c1-16-9(4-5-15-16)7-14-12(18)8-2-3-10(13)11(17)6-8/h2-6,17H,7H2,1H3,(H,14,18). The van der Waals surface area contributed by atoms with Crippen LogP contribution in [0.2, 0.25) is 0 Å². The number of amides is 1. The minimum absolute atomic E-state index is 0.0446. The second-order valence-electron chi connectivity index (χ2n) is 3.80. The van der Waals surface area contributed by atoms with Crippen molar-refractivity contribution in [3.05, 3.63) is 46.2 Å². The van der Waals surface area contributed by atoms with Gasteiger partial charge in [-0.2, -0.15) is 5.10 Å². The first kappa shape index (κ1) is 12.6. The Hall–Kier alpha value is -1.82. The van der Waals surface area contributed by atoms with Crippen LogP contribution in [0.3, 0.4) is 0 Å². The molecule has 18 heavy (non-hydrogen) atoms. The van der Waals surface area contributed by atoms with E-state index in [2.05, 4.69) is 26.3 Å². The van der Waals surface area contributed by atoms with Crippen molar-refractivity contribution >= 4 is 21.8 Å². The molecule has 0 bridgehead atoms. The Kier molecular flexibility index (Phi) is 3.66. The number of benzene rings is 1. The molecule has 0 fully saturated rings. The lowest BCUT2D eigenvalue weighted by molar-refractivity contribution is 0.0949. The number of aromatic nitrogens is 2. The van der Waals surface area contributed by atoms with Crippen LogP contribution in [0, 0.1) is 0 Å². The van der Waals surface area contributed by atoms with Gasteiger partial charge in [0.15, 0.2) is 0 Å². The van der Waals surface area contributed by atoms with Gasteiger partial charge in [0.25, 0.3) is 5.91 Å². The highest BCUT2D eigenvalue weighted by Crippen LogP contribution is 2.24. The minimum Gasteiger partial charge on any atom is -0.507 e. The molecule has 0 saturated heterocycles. The molecule has 0 unspecified atom stereocenters. The number of nitrogens with zero attached hydrogens (tertiary/aromatic N) is 2. The van der Waals surface area contributed by atoms with Crippen molar-refractivity contribution in [2.75, 3.05) is 0 Å². The summed E-state index contributed by atoms with van der Waals surface area (Å²) in [6, 6.07) is 6.53. The zero-order valence-electron chi connectivity index (χ0n) is 9.72. The van der Waals surface area contributed by atoms with Gasteiger partial charge < -0.3 is 10.4 Å². The number of aryl methyl sites for hydroxylation is 1. The molecule has 0 aliphatic carbocycles. The van der Waals surface area contributed by atoms with Crippen LogP contribution in [0.25, 0.3) is 0 Å². The van der Waals surface area contributed by atoms with Crippen LogP contribution in [0.4, 0.5) is 0 Å². The summed E-state index contributed by atoms with van der Waals surface area (Å²) in [7, 11) is 1.81. The maximum Gasteiger partial charge on any atom is 0.251 e. The first-order valence-electron chi connectivity index (χ1n) is 5.31. The number of rotatable bonds is 3. The Morgan fingerprint density at radius 2 is 2.28 bits per heavy atom. The highest BCUT2D eigenvalue weighted by molar-refractivity contribution is 9.10. The molecular weight excluding hydrogens is 298 g/mol. The first-order valence-corrected chi connectivity index (χ1v) is 6.11. The van der Waals surface area contributed by atoms with Gasteiger partial charge in [-0.25, -0.2) is 0 Å². The molecule has 5 nitrogen and oxygen atoms in total. The molecule has 1 aromatic heterocycles. The van der Waals surface area contributed by atoms with Gasteiger partial charge in [0.1, 0.15) is 5.75 Å². The van der Waals surface area contributed by atoms with Crippen LogP contribution in [0.5, 0.6) is 5.75 Å². The second-order valence-corrected chi connectivity index (χ2v) is 4.65. The van der Waals surface area contributed by atoms with Crippen molar-refractivity contribution in [1.29, 1.82) is 0 Å². The quantitative estimate of drug-likeness (QED) is 0.909. The van der Waals surface area contributed by atoms with Gasteiger partial charge in [-0.3, -0.25) is 9.48 Å². The Morgan fingerprint density at radius 1 is 1.50 bits per heavy atom. The van der Waals surface area contributed by atoms with E-state index in [0.29, 0.717) is 16.6 Å². The number of hydrogen-bond donors (Lipinski definition) is 2. The summed E-state index contributed by atoms with van der Waals surface area (Å²) in [6.07, 6.45) is 1.67. The Bertz CT molecular complexity index is 580. The first-order chi connectivity index (χ1) is 8.58. The lowest BCUT2D eigenvalue weighted by Crippen LogP contribution is -2.23. The number of aromatic hydroxyl groups is 1. The number of nitrogens with one attached hydrogen (secondary N) is 1. The summed E-state index contributed by atoms with van der Waals surface area (Å²) < 4.78 is 2.25. The number of hydrogen-bond acceptors (Lipinski definition) is 3. The zero-order valence-corrected chi connectivity index (χ0v) is 11.3. The number of halogens is 1. The minimum atomic E-state index is -0.237. The van der Waals surface area contributed by atoms with Crippen molar-refractivity contribution in [2.45, 2.75) is 6.54 Å². The van der Waals surface area contributed by atoms with Crippen LogP contribution in [-0.2, 0) is 13.6 Å². The Labute approximate surface area is 113 Å².